The summed E-state index contributed by atoms with van der Waals surface area (Å²) in [6.45, 7) is 13.0. The Morgan fingerprint density at radius 3 is 2.41 bits per heavy atom. The fourth-order valence-electron chi connectivity index (χ4n) is 2.32. The van der Waals surface area contributed by atoms with Crippen LogP contribution in [0.15, 0.2) is 0 Å². The van der Waals surface area contributed by atoms with Gasteiger partial charge in [0.2, 0.25) is 0 Å². The molecule has 0 fully saturated rings. The fraction of sp³-hybridized carbons (Fsp3) is 0.786. The zero-order valence-corrected chi connectivity index (χ0v) is 12.0. The van der Waals surface area contributed by atoms with Gasteiger partial charge in [-0.05, 0) is 45.2 Å². The highest BCUT2D eigenvalue weighted by atomic mass is 15.3. The molecule has 0 aliphatic heterocycles. The lowest BCUT2D eigenvalue weighted by molar-refractivity contribution is 0.411. The maximum atomic E-state index is 4.65. The molecule has 0 aromatic carbocycles. The molecular weight excluding hydrogens is 210 g/mol. The maximum absolute atomic E-state index is 4.65. The summed E-state index contributed by atoms with van der Waals surface area (Å²) in [5.74, 6) is 0. The van der Waals surface area contributed by atoms with E-state index in [0.717, 1.165) is 25.9 Å². The lowest BCUT2D eigenvalue weighted by Crippen LogP contribution is -2.33. The van der Waals surface area contributed by atoms with Gasteiger partial charge in [0.1, 0.15) is 0 Å². The number of nitrogens with zero attached hydrogens (tertiary/aromatic N) is 2. The van der Waals surface area contributed by atoms with Crippen LogP contribution in [0.2, 0.25) is 0 Å². The van der Waals surface area contributed by atoms with Gasteiger partial charge in [-0.1, -0.05) is 20.8 Å². The second-order valence-corrected chi connectivity index (χ2v) is 4.74. The van der Waals surface area contributed by atoms with E-state index in [2.05, 4.69) is 49.7 Å². The van der Waals surface area contributed by atoms with Crippen molar-refractivity contribution in [3.8, 4) is 0 Å². The van der Waals surface area contributed by atoms with E-state index in [4.69, 9.17) is 0 Å². The van der Waals surface area contributed by atoms with Crippen LogP contribution in [0.25, 0.3) is 0 Å². The van der Waals surface area contributed by atoms with E-state index < -0.39 is 0 Å². The monoisotopic (exact) mass is 237 g/mol. The molecule has 0 spiro atoms. The second-order valence-electron chi connectivity index (χ2n) is 4.74. The largest absolute Gasteiger partial charge is 0.312 e. The van der Waals surface area contributed by atoms with Crippen molar-refractivity contribution >= 4 is 0 Å². The Kier molecular flexibility index (Phi) is 5.69. The Labute approximate surface area is 106 Å². The van der Waals surface area contributed by atoms with Gasteiger partial charge >= 0.3 is 0 Å². The molecule has 0 aliphatic rings. The third-order valence-corrected chi connectivity index (χ3v) is 3.45. The van der Waals surface area contributed by atoms with Crippen LogP contribution in [0.4, 0.5) is 0 Å². The van der Waals surface area contributed by atoms with Crippen molar-refractivity contribution < 1.29 is 0 Å². The normalized spacial score (nSPS) is 13.0. The summed E-state index contributed by atoms with van der Waals surface area (Å²) in [5.41, 5.74) is 3.94. The van der Waals surface area contributed by atoms with E-state index in [1.165, 1.54) is 23.4 Å². The second kappa shape index (κ2) is 6.80. The van der Waals surface area contributed by atoms with Crippen molar-refractivity contribution in [3.05, 3.63) is 17.0 Å². The molecule has 0 aliphatic carbocycles. The molecule has 3 nitrogen and oxygen atoms in total. The van der Waals surface area contributed by atoms with E-state index in [0.29, 0.717) is 6.04 Å². The number of nitrogens with one attached hydrogen (secondary N) is 1. The Morgan fingerprint density at radius 2 is 1.94 bits per heavy atom. The molecule has 1 atom stereocenters. The van der Waals surface area contributed by atoms with Crippen molar-refractivity contribution in [1.82, 2.24) is 15.1 Å². The first-order valence-electron chi connectivity index (χ1n) is 6.90. The SMILES string of the molecule is CCCNC(CC)Cn1nc(C)c(CC)c1C. The van der Waals surface area contributed by atoms with Crippen LogP contribution in [-0.4, -0.2) is 22.4 Å². The quantitative estimate of drug-likeness (QED) is 0.790. The first-order valence-corrected chi connectivity index (χ1v) is 6.90. The van der Waals surface area contributed by atoms with Crippen molar-refractivity contribution in [3.63, 3.8) is 0 Å². The maximum Gasteiger partial charge on any atom is 0.0628 e. The molecule has 3 heteroatoms. The van der Waals surface area contributed by atoms with Crippen LogP contribution in [-0.2, 0) is 13.0 Å². The van der Waals surface area contributed by atoms with Crippen molar-refractivity contribution in [2.75, 3.05) is 6.54 Å². The van der Waals surface area contributed by atoms with Crippen molar-refractivity contribution in [1.29, 1.82) is 0 Å². The van der Waals surface area contributed by atoms with E-state index in [-0.39, 0.29) is 0 Å². The summed E-state index contributed by atoms with van der Waals surface area (Å²) < 4.78 is 2.17. The average molecular weight is 237 g/mol. The summed E-state index contributed by atoms with van der Waals surface area (Å²) in [6, 6.07) is 0.539. The molecule has 1 aromatic rings. The molecular formula is C14H27N3. The van der Waals surface area contributed by atoms with Gasteiger partial charge in [0, 0.05) is 11.7 Å². The Bertz CT molecular complexity index is 341. The molecule has 1 rings (SSSR count). The zero-order valence-electron chi connectivity index (χ0n) is 12.0. The third-order valence-electron chi connectivity index (χ3n) is 3.45. The van der Waals surface area contributed by atoms with Crippen molar-refractivity contribution in [2.45, 2.75) is 66.5 Å². The first kappa shape index (κ1) is 14.2. The molecule has 0 saturated carbocycles. The number of hydrogen-bond acceptors (Lipinski definition) is 2. The zero-order chi connectivity index (χ0) is 12.8. The Hall–Kier alpha value is -0.830. The molecule has 1 heterocycles. The summed E-state index contributed by atoms with van der Waals surface area (Å²) >= 11 is 0. The molecule has 0 amide bonds. The molecule has 1 N–H and O–H groups in total. The van der Waals surface area contributed by atoms with Crippen LogP contribution >= 0.6 is 0 Å². The van der Waals surface area contributed by atoms with Crippen LogP contribution in [0, 0.1) is 13.8 Å². The highest BCUT2D eigenvalue weighted by Gasteiger charge is 2.13. The van der Waals surface area contributed by atoms with Gasteiger partial charge in [-0.15, -0.1) is 0 Å². The van der Waals surface area contributed by atoms with Gasteiger partial charge in [-0.2, -0.15) is 5.10 Å². The predicted octanol–water partition coefficient (Wildman–Crippen LogP) is 2.84. The standard InChI is InChI=1S/C14H27N3/c1-6-9-15-13(7-2)10-17-12(5)14(8-3)11(4)16-17/h13,15H,6-10H2,1-5H3. The van der Waals surface area contributed by atoms with E-state index in [1.54, 1.807) is 0 Å². The van der Waals surface area contributed by atoms with Gasteiger partial charge in [0.25, 0.3) is 0 Å². The highest BCUT2D eigenvalue weighted by molar-refractivity contribution is 5.24. The van der Waals surface area contributed by atoms with Crippen LogP contribution in [0.5, 0.6) is 0 Å². The highest BCUT2D eigenvalue weighted by Crippen LogP contribution is 2.14. The third kappa shape index (κ3) is 3.56. The summed E-state index contributed by atoms with van der Waals surface area (Å²) in [6.07, 6.45) is 3.42. The molecule has 0 saturated heterocycles. The molecule has 0 bridgehead atoms. The van der Waals surface area contributed by atoms with Gasteiger partial charge < -0.3 is 5.32 Å². The first-order chi connectivity index (χ1) is 8.13. The smallest absolute Gasteiger partial charge is 0.0628 e. The number of hydrogen-bond donors (Lipinski definition) is 1. The Morgan fingerprint density at radius 1 is 1.24 bits per heavy atom. The van der Waals surface area contributed by atoms with Crippen LogP contribution in [0.3, 0.4) is 0 Å². The minimum absolute atomic E-state index is 0.539. The molecule has 0 radical (unpaired) electrons. The van der Waals surface area contributed by atoms with Crippen molar-refractivity contribution in [2.24, 2.45) is 0 Å². The predicted molar refractivity (Wildman–Crippen MR) is 73.5 cm³/mol. The summed E-state index contributed by atoms with van der Waals surface area (Å²) in [5, 5.41) is 8.23. The molecule has 98 valence electrons. The Balaban J connectivity index is 2.72. The van der Waals surface area contributed by atoms with Gasteiger partial charge in [0.05, 0.1) is 12.2 Å². The van der Waals surface area contributed by atoms with Crippen LogP contribution < -0.4 is 5.32 Å². The minimum atomic E-state index is 0.539. The van der Waals surface area contributed by atoms with Gasteiger partial charge in [0.15, 0.2) is 0 Å². The molecule has 1 unspecified atom stereocenters. The topological polar surface area (TPSA) is 29.9 Å². The van der Waals surface area contributed by atoms with Crippen LogP contribution in [0.1, 0.15) is 50.6 Å². The molecule has 17 heavy (non-hydrogen) atoms. The summed E-state index contributed by atoms with van der Waals surface area (Å²) in [7, 11) is 0. The van der Waals surface area contributed by atoms with E-state index in [1.807, 2.05) is 0 Å². The number of rotatable bonds is 7. The lowest BCUT2D eigenvalue weighted by Gasteiger charge is -2.17. The average Bonchev–Trinajstić information content (AvgIpc) is 2.59. The lowest BCUT2D eigenvalue weighted by atomic mass is 10.1. The fourth-order valence-corrected chi connectivity index (χ4v) is 2.32. The minimum Gasteiger partial charge on any atom is -0.312 e. The van der Waals surface area contributed by atoms with E-state index >= 15 is 0 Å². The van der Waals surface area contributed by atoms with E-state index in [9.17, 15) is 0 Å². The van der Waals surface area contributed by atoms with Gasteiger partial charge in [-0.25, -0.2) is 0 Å². The molecule has 1 aromatic heterocycles. The number of aromatic nitrogens is 2. The summed E-state index contributed by atoms with van der Waals surface area (Å²) in [4.78, 5) is 0. The van der Waals surface area contributed by atoms with Gasteiger partial charge in [-0.3, -0.25) is 4.68 Å². The number of aryl methyl sites for hydroxylation is 1.